The van der Waals surface area contributed by atoms with Gasteiger partial charge in [0.05, 0.1) is 12.7 Å². The van der Waals surface area contributed by atoms with Gasteiger partial charge in [-0.2, -0.15) is 21.9 Å². The molecular weight excluding hydrogens is 534 g/mol. The second kappa shape index (κ2) is 11.3. The zero-order valence-corrected chi connectivity index (χ0v) is 21.1. The van der Waals surface area contributed by atoms with Gasteiger partial charge in [0.2, 0.25) is 5.95 Å². The molecule has 2 atom stereocenters. The molecule has 0 aliphatic rings. The molecule has 0 aliphatic carbocycles. The Balaban J connectivity index is 1.99. The minimum absolute atomic E-state index is 0.0223. The van der Waals surface area contributed by atoms with E-state index in [1.165, 1.54) is 45.2 Å². The zero-order valence-electron chi connectivity index (χ0n) is 20.3. The third-order valence-electron chi connectivity index (χ3n) is 5.10. The summed E-state index contributed by atoms with van der Waals surface area (Å²) >= 11 is -2.06. The number of anilines is 1. The molecule has 2 N–H and O–H groups in total. The van der Waals surface area contributed by atoms with Crippen molar-refractivity contribution < 1.29 is 41.5 Å². The van der Waals surface area contributed by atoms with E-state index in [9.17, 15) is 36.8 Å². The minimum atomic E-state index is -4.93. The molecule has 0 fully saturated rings. The summed E-state index contributed by atoms with van der Waals surface area (Å²) < 4.78 is 72.9. The lowest BCUT2D eigenvalue weighted by atomic mass is 10.1. The van der Waals surface area contributed by atoms with E-state index in [2.05, 4.69) is 20.5 Å². The number of amides is 2. The molecule has 3 aromatic rings. The Bertz CT molecular complexity index is 1370. The second-order valence-corrected chi connectivity index (χ2v) is 9.43. The van der Waals surface area contributed by atoms with Crippen molar-refractivity contribution >= 4 is 28.9 Å². The van der Waals surface area contributed by atoms with E-state index in [4.69, 9.17) is 4.74 Å². The Morgan fingerprint density at radius 3 is 2.47 bits per heavy atom. The summed E-state index contributed by atoms with van der Waals surface area (Å²) in [4.78, 5) is 28.8. The predicted molar refractivity (Wildman–Crippen MR) is 126 cm³/mol. The van der Waals surface area contributed by atoms with Gasteiger partial charge in [0.1, 0.15) is 23.0 Å². The maximum atomic E-state index is 13.5. The number of carbonyl (C=O) groups is 2. The maximum Gasteiger partial charge on any atom is 0.435 e. The monoisotopic (exact) mass is 555 g/mol. The van der Waals surface area contributed by atoms with E-state index in [1.807, 2.05) is 0 Å². The van der Waals surface area contributed by atoms with Crippen LogP contribution in [-0.2, 0) is 22.3 Å². The van der Waals surface area contributed by atoms with Crippen molar-refractivity contribution in [3.05, 3.63) is 64.9 Å². The highest BCUT2D eigenvalue weighted by atomic mass is 32.2. The number of pyridine rings is 1. The molecule has 2 heterocycles. The number of aliphatic hydroxyl groups is 1. The molecular formula is C23H21F4N5O5S. The molecule has 0 unspecified atom stereocenters. The van der Waals surface area contributed by atoms with Crippen LogP contribution < -0.4 is 10.1 Å². The van der Waals surface area contributed by atoms with Gasteiger partial charge in [-0.1, -0.05) is 6.07 Å². The molecule has 10 nitrogen and oxygen atoms in total. The summed E-state index contributed by atoms with van der Waals surface area (Å²) in [7, 11) is 1.21. The van der Waals surface area contributed by atoms with Crippen LogP contribution >= 0.6 is 0 Å². The zero-order chi connectivity index (χ0) is 28.4. The maximum absolute atomic E-state index is 13.5. The number of hydrogen-bond acceptors (Lipinski definition) is 8. The van der Waals surface area contributed by atoms with Crippen molar-refractivity contribution in [3.8, 4) is 11.6 Å². The van der Waals surface area contributed by atoms with Crippen LogP contribution in [0.4, 0.5) is 23.2 Å². The van der Waals surface area contributed by atoms with Crippen LogP contribution in [0, 0.1) is 19.8 Å². The van der Waals surface area contributed by atoms with Gasteiger partial charge in [-0.15, -0.1) is 10.2 Å². The molecule has 15 heteroatoms. The Hall–Kier alpha value is -3.82. The van der Waals surface area contributed by atoms with Crippen LogP contribution in [0.5, 0.6) is 11.6 Å². The Kier molecular flexibility index (Phi) is 8.54. The lowest BCUT2D eigenvalue weighted by Crippen LogP contribution is -2.39. The first kappa shape index (κ1) is 28.7. The van der Waals surface area contributed by atoms with Gasteiger partial charge in [-0.05, 0) is 50.6 Å². The number of hydrogen-bond donors (Lipinski definition) is 2. The number of likely N-dealkylation sites (N-methyl/N-ethyl adjacent to an activating group) is 1. The van der Waals surface area contributed by atoms with Gasteiger partial charge in [0.15, 0.2) is 16.3 Å². The normalized spacial score (nSPS) is 13.0. The van der Waals surface area contributed by atoms with Crippen LogP contribution in [0.1, 0.15) is 34.2 Å². The van der Waals surface area contributed by atoms with Gasteiger partial charge in [0, 0.05) is 11.8 Å². The smallest absolute Gasteiger partial charge is 0.435 e. The molecule has 2 amide bonds. The Labute approximate surface area is 217 Å². The average molecular weight is 556 g/mol. The van der Waals surface area contributed by atoms with Crippen molar-refractivity contribution in [2.45, 2.75) is 37.9 Å². The molecule has 0 saturated heterocycles. The fourth-order valence-corrected chi connectivity index (χ4v) is 4.27. The fourth-order valence-electron chi connectivity index (χ4n) is 3.22. The first-order chi connectivity index (χ1) is 17.7. The highest BCUT2D eigenvalue weighted by Gasteiger charge is 2.38. The van der Waals surface area contributed by atoms with Crippen LogP contribution in [0.15, 0.2) is 41.3 Å². The number of nitrogens with one attached hydrogen (secondary N) is 1. The van der Waals surface area contributed by atoms with Gasteiger partial charge >= 0.3 is 6.18 Å². The molecule has 1 aromatic carbocycles. The third-order valence-corrected chi connectivity index (χ3v) is 6.44. The van der Waals surface area contributed by atoms with E-state index in [0.29, 0.717) is 0 Å². The highest BCUT2D eigenvalue weighted by molar-refractivity contribution is 7.89. The summed E-state index contributed by atoms with van der Waals surface area (Å²) in [5, 5.41) is 18.4. The fraction of sp³-hybridized carbons (Fsp3) is 0.261. The highest BCUT2D eigenvalue weighted by Crippen LogP contribution is 2.35. The Morgan fingerprint density at radius 2 is 1.87 bits per heavy atom. The predicted octanol–water partition coefficient (Wildman–Crippen LogP) is 3.55. The number of carbonyl (C=O) groups excluding carboxylic acids is 2. The van der Waals surface area contributed by atoms with Gasteiger partial charge in [-0.25, -0.2) is 4.98 Å². The van der Waals surface area contributed by atoms with Gasteiger partial charge in [-0.3, -0.25) is 9.59 Å². The van der Waals surface area contributed by atoms with Crippen molar-refractivity contribution in [3.63, 3.8) is 0 Å². The SMILES string of the molecule is Cc1nc(F)ccc1Oc1nnc(C(F)(F)F)c(C)c1C(=O)Nc1cccc([S@@+]([O-])N(C)C(=O)[C@@H](C)O)c1. The molecule has 0 saturated carbocycles. The summed E-state index contributed by atoms with van der Waals surface area (Å²) in [6, 6.07) is 7.52. The molecule has 3 rings (SSSR count). The molecule has 0 spiro atoms. The molecule has 0 aliphatic heterocycles. The van der Waals surface area contributed by atoms with Crippen molar-refractivity contribution in [2.75, 3.05) is 12.4 Å². The summed E-state index contributed by atoms with van der Waals surface area (Å²) in [6.45, 7) is 3.60. The van der Waals surface area contributed by atoms with E-state index in [-0.39, 0.29) is 22.0 Å². The standard InChI is InChI=1S/C23H21F4N5O5S/c1-11-18(20(34)29-14-6-5-7-15(10-14)38(36)32(4)22(35)13(3)33)21(31-30-19(11)23(25,26)27)37-16-8-9-17(24)28-12(16)2/h5-10,13,33H,1-4H3,(H,29,34)/t13-,38-/m1/s1. The molecule has 202 valence electrons. The quantitative estimate of drug-likeness (QED) is 0.256. The molecule has 38 heavy (non-hydrogen) atoms. The lowest BCUT2D eigenvalue weighted by molar-refractivity contribution is -0.142. The van der Waals surface area contributed by atoms with Crippen LogP contribution in [0.25, 0.3) is 0 Å². The van der Waals surface area contributed by atoms with Gasteiger partial charge < -0.3 is 19.7 Å². The number of ether oxygens (including phenoxy) is 1. The molecule has 0 radical (unpaired) electrons. The number of benzene rings is 1. The number of nitrogens with zero attached hydrogens (tertiary/aromatic N) is 4. The number of aromatic nitrogens is 3. The first-order valence-corrected chi connectivity index (χ1v) is 11.9. The number of halogens is 4. The van der Waals surface area contributed by atoms with E-state index in [0.717, 1.165) is 23.4 Å². The van der Waals surface area contributed by atoms with E-state index < -0.39 is 64.1 Å². The average Bonchev–Trinajstić information content (AvgIpc) is 2.83. The summed E-state index contributed by atoms with van der Waals surface area (Å²) in [5.74, 6) is -3.37. The van der Waals surface area contributed by atoms with Crippen molar-refractivity contribution in [1.29, 1.82) is 0 Å². The number of alkyl halides is 3. The minimum Gasteiger partial charge on any atom is -0.588 e. The first-order valence-electron chi connectivity index (χ1n) is 10.7. The second-order valence-electron chi connectivity index (χ2n) is 7.91. The molecule has 2 aromatic heterocycles. The van der Waals surface area contributed by atoms with Gasteiger partial charge in [0.25, 0.3) is 17.7 Å². The number of aryl methyl sites for hydroxylation is 1. The van der Waals surface area contributed by atoms with Crippen molar-refractivity contribution in [2.24, 2.45) is 0 Å². The molecule has 0 bridgehead atoms. The van der Waals surface area contributed by atoms with Crippen molar-refractivity contribution in [1.82, 2.24) is 19.5 Å². The van der Waals surface area contributed by atoms with Crippen LogP contribution in [-0.4, -0.2) is 54.1 Å². The van der Waals surface area contributed by atoms with Crippen LogP contribution in [0.2, 0.25) is 0 Å². The lowest BCUT2D eigenvalue weighted by Gasteiger charge is -2.21. The third kappa shape index (κ3) is 6.35. The number of aliphatic hydroxyl groups excluding tert-OH is 1. The van der Waals surface area contributed by atoms with Crippen LogP contribution in [0.3, 0.4) is 0 Å². The van der Waals surface area contributed by atoms with E-state index >= 15 is 0 Å². The largest absolute Gasteiger partial charge is 0.588 e. The number of rotatable bonds is 7. The van der Waals surface area contributed by atoms with E-state index in [1.54, 1.807) is 0 Å². The topological polar surface area (TPSA) is 141 Å². The Morgan fingerprint density at radius 1 is 1.18 bits per heavy atom. The summed E-state index contributed by atoms with van der Waals surface area (Å²) in [6.07, 6.45) is -6.34. The summed E-state index contributed by atoms with van der Waals surface area (Å²) in [5.41, 5.74) is -2.55.